The summed E-state index contributed by atoms with van der Waals surface area (Å²) >= 11 is 0. The Hall–Kier alpha value is -4.41. The van der Waals surface area contributed by atoms with Crippen molar-refractivity contribution >= 4 is 29.7 Å². The Kier molecular flexibility index (Phi) is 8.95. The van der Waals surface area contributed by atoms with E-state index in [4.69, 9.17) is 10.5 Å². The summed E-state index contributed by atoms with van der Waals surface area (Å²) in [4.78, 5) is 10.9. The molecule has 41 heavy (non-hydrogen) atoms. The minimum atomic E-state index is -2.78. The van der Waals surface area contributed by atoms with Crippen LogP contribution in [0.1, 0.15) is 25.0 Å². The smallest absolute Gasteiger partial charge is 0.333 e. The average molecular weight is 589 g/mol. The van der Waals surface area contributed by atoms with Gasteiger partial charge >= 0.3 is 6.55 Å². The minimum absolute atomic E-state index is 0. The Morgan fingerprint density at radius 3 is 2.66 bits per heavy atom. The van der Waals surface area contributed by atoms with Crippen molar-refractivity contribution < 1.29 is 22.3 Å². The van der Waals surface area contributed by atoms with E-state index in [1.54, 1.807) is 6.07 Å². The lowest BCUT2D eigenvalue weighted by atomic mass is 10.0. The van der Waals surface area contributed by atoms with Crippen molar-refractivity contribution in [3.8, 4) is 34.2 Å². The van der Waals surface area contributed by atoms with E-state index in [1.165, 1.54) is 37.8 Å². The van der Waals surface area contributed by atoms with Gasteiger partial charge in [0.15, 0.2) is 0 Å². The predicted octanol–water partition coefficient (Wildman–Crippen LogP) is 5.65. The van der Waals surface area contributed by atoms with Gasteiger partial charge in [0.25, 0.3) is 0 Å². The number of hydrogen-bond acceptors (Lipinski definition) is 8. The molecule has 0 saturated carbocycles. The SMILES string of the molecule is COc1cc(F)cc(F)c1-c1nc(Nc2cc(N3CCC[C@H](N)C3)c(-c3cnn(C(F)F)c3)cn2)ccc1C#N.Cl. The molecule has 0 bridgehead atoms. The van der Waals surface area contributed by atoms with Gasteiger partial charge in [0, 0.05) is 66.5 Å². The third kappa shape index (κ3) is 6.18. The Bertz CT molecular complexity index is 1590. The molecule has 1 saturated heterocycles. The Balaban J connectivity index is 0.00000387. The number of alkyl halides is 2. The summed E-state index contributed by atoms with van der Waals surface area (Å²) in [6, 6.07) is 8.32. The minimum Gasteiger partial charge on any atom is -0.496 e. The van der Waals surface area contributed by atoms with Crippen LogP contribution in [-0.4, -0.2) is 46.0 Å². The highest BCUT2D eigenvalue weighted by molar-refractivity contribution is 5.85. The summed E-state index contributed by atoms with van der Waals surface area (Å²) in [6.45, 7) is -1.52. The molecule has 1 aliphatic rings. The van der Waals surface area contributed by atoms with E-state index in [0.29, 0.717) is 46.5 Å². The normalized spacial score (nSPS) is 14.9. The lowest BCUT2D eigenvalue weighted by Gasteiger charge is -2.34. The van der Waals surface area contributed by atoms with Crippen LogP contribution in [0, 0.1) is 23.0 Å². The first-order valence-electron chi connectivity index (χ1n) is 12.3. The van der Waals surface area contributed by atoms with Gasteiger partial charge in [0.05, 0.1) is 30.1 Å². The van der Waals surface area contributed by atoms with Crippen molar-refractivity contribution in [3.05, 3.63) is 66.1 Å². The Morgan fingerprint density at radius 1 is 1.17 bits per heavy atom. The van der Waals surface area contributed by atoms with Crippen LogP contribution < -0.4 is 20.7 Å². The van der Waals surface area contributed by atoms with E-state index in [-0.39, 0.29) is 46.8 Å². The van der Waals surface area contributed by atoms with Crippen LogP contribution in [0.5, 0.6) is 5.75 Å². The molecular weight excluding hydrogens is 564 g/mol. The van der Waals surface area contributed by atoms with Crippen molar-refractivity contribution in [3.63, 3.8) is 0 Å². The summed E-state index contributed by atoms with van der Waals surface area (Å²) in [5.74, 6) is -1.30. The zero-order valence-electron chi connectivity index (χ0n) is 21.7. The molecule has 0 spiro atoms. The maximum atomic E-state index is 14.8. The van der Waals surface area contributed by atoms with E-state index in [9.17, 15) is 22.8 Å². The summed E-state index contributed by atoms with van der Waals surface area (Å²) < 4.78 is 60.7. The molecule has 214 valence electrons. The molecule has 4 heterocycles. The van der Waals surface area contributed by atoms with Crippen LogP contribution in [0.2, 0.25) is 0 Å². The molecule has 0 amide bonds. The van der Waals surface area contributed by atoms with E-state index in [0.717, 1.165) is 18.9 Å². The van der Waals surface area contributed by atoms with Gasteiger partial charge < -0.3 is 20.7 Å². The first-order chi connectivity index (χ1) is 19.3. The molecule has 14 heteroatoms. The Morgan fingerprint density at radius 2 is 1.98 bits per heavy atom. The van der Waals surface area contributed by atoms with E-state index >= 15 is 0 Å². The maximum absolute atomic E-state index is 14.8. The molecular formula is C27H25ClF4N8O. The number of benzene rings is 1. The second-order valence-corrected chi connectivity index (χ2v) is 9.22. The van der Waals surface area contributed by atoms with E-state index < -0.39 is 18.2 Å². The molecule has 3 N–H and O–H groups in total. The van der Waals surface area contributed by atoms with Crippen LogP contribution in [0.15, 0.2) is 48.9 Å². The van der Waals surface area contributed by atoms with Gasteiger partial charge in [-0.3, -0.25) is 0 Å². The number of halogens is 5. The van der Waals surface area contributed by atoms with Crippen molar-refractivity contribution in [2.45, 2.75) is 25.4 Å². The molecule has 3 aromatic heterocycles. The number of ether oxygens (including phenoxy) is 1. The highest BCUT2D eigenvalue weighted by Gasteiger charge is 2.23. The fraction of sp³-hybridized carbons (Fsp3) is 0.259. The van der Waals surface area contributed by atoms with Gasteiger partial charge in [-0.1, -0.05) is 0 Å². The number of anilines is 3. The Labute approximate surface area is 239 Å². The zero-order chi connectivity index (χ0) is 28.4. The van der Waals surface area contributed by atoms with Gasteiger partial charge in [-0.2, -0.15) is 19.1 Å². The summed E-state index contributed by atoms with van der Waals surface area (Å²) in [6.07, 6.45) is 5.86. The zero-order valence-corrected chi connectivity index (χ0v) is 22.5. The molecule has 5 rings (SSSR count). The quantitative estimate of drug-likeness (QED) is 0.266. The number of methoxy groups -OCH3 is 1. The fourth-order valence-electron chi connectivity index (χ4n) is 4.69. The van der Waals surface area contributed by atoms with E-state index in [1.807, 2.05) is 6.07 Å². The van der Waals surface area contributed by atoms with Crippen LogP contribution in [0.25, 0.3) is 22.4 Å². The average Bonchev–Trinajstić information content (AvgIpc) is 3.43. The molecule has 1 atom stereocenters. The lowest BCUT2D eigenvalue weighted by molar-refractivity contribution is 0.0566. The predicted molar refractivity (Wildman–Crippen MR) is 148 cm³/mol. The van der Waals surface area contributed by atoms with Crippen molar-refractivity contribution in [1.29, 1.82) is 5.26 Å². The number of nitrogens with zero attached hydrogens (tertiary/aromatic N) is 6. The van der Waals surface area contributed by atoms with Gasteiger partial charge in [-0.25, -0.2) is 23.4 Å². The maximum Gasteiger partial charge on any atom is 0.333 e. The van der Waals surface area contributed by atoms with Crippen LogP contribution in [-0.2, 0) is 0 Å². The van der Waals surface area contributed by atoms with Crippen molar-refractivity contribution in [2.75, 3.05) is 30.4 Å². The molecule has 1 fully saturated rings. The molecule has 0 radical (unpaired) electrons. The summed E-state index contributed by atoms with van der Waals surface area (Å²) in [5.41, 5.74) is 7.83. The van der Waals surface area contributed by atoms with Gasteiger partial charge in [-0.05, 0) is 25.0 Å². The summed E-state index contributed by atoms with van der Waals surface area (Å²) in [7, 11) is 1.26. The lowest BCUT2D eigenvalue weighted by Crippen LogP contribution is -2.43. The highest BCUT2D eigenvalue weighted by Crippen LogP contribution is 2.37. The third-order valence-corrected chi connectivity index (χ3v) is 6.54. The number of aromatic nitrogens is 4. The largest absolute Gasteiger partial charge is 0.496 e. The number of rotatable bonds is 7. The molecule has 0 unspecified atom stereocenters. The van der Waals surface area contributed by atoms with Crippen molar-refractivity contribution in [1.82, 2.24) is 19.7 Å². The molecule has 1 aliphatic heterocycles. The second-order valence-electron chi connectivity index (χ2n) is 9.22. The first-order valence-corrected chi connectivity index (χ1v) is 12.3. The number of nitrogens with two attached hydrogens (primary N) is 1. The van der Waals surface area contributed by atoms with Gasteiger partial charge in [-0.15, -0.1) is 12.4 Å². The number of hydrogen-bond donors (Lipinski definition) is 2. The fourth-order valence-corrected chi connectivity index (χ4v) is 4.69. The molecule has 1 aromatic carbocycles. The number of piperidine rings is 1. The van der Waals surface area contributed by atoms with Gasteiger partial charge in [0.2, 0.25) is 0 Å². The van der Waals surface area contributed by atoms with Crippen molar-refractivity contribution in [2.24, 2.45) is 5.73 Å². The number of nitrogens with one attached hydrogen (secondary N) is 1. The first kappa shape index (κ1) is 29.6. The van der Waals surface area contributed by atoms with Crippen LogP contribution >= 0.6 is 12.4 Å². The molecule has 0 aliphatic carbocycles. The molecule has 9 nitrogen and oxygen atoms in total. The summed E-state index contributed by atoms with van der Waals surface area (Å²) in [5, 5.41) is 16.4. The second kappa shape index (κ2) is 12.4. The topological polar surface area (TPSA) is 118 Å². The monoisotopic (exact) mass is 588 g/mol. The number of nitriles is 1. The van der Waals surface area contributed by atoms with Crippen LogP contribution in [0.4, 0.5) is 34.9 Å². The standard InChI is InChI=1S/C27H24F4N8O.ClH/c1-40-22-8-17(28)7-20(29)25(22)26-15(10-32)4-5-23(37-26)36-24-9-21(38-6-2-3-18(33)14-38)19(12-34-24)16-11-35-39(13-16)27(30)31;/h4-5,7-9,11-13,18,27H,2-3,6,14,33H2,1H3,(H,34,36,37);1H/t18-;/m0./s1. The molecule has 4 aromatic rings. The third-order valence-electron chi connectivity index (χ3n) is 6.54. The number of pyridine rings is 2. The van der Waals surface area contributed by atoms with Crippen LogP contribution in [0.3, 0.4) is 0 Å². The van der Waals surface area contributed by atoms with E-state index in [2.05, 4.69) is 25.3 Å². The van der Waals surface area contributed by atoms with Gasteiger partial charge in [0.1, 0.15) is 35.1 Å². The highest BCUT2D eigenvalue weighted by atomic mass is 35.5.